The molecule has 0 radical (unpaired) electrons. The van der Waals surface area contributed by atoms with Gasteiger partial charge in [0.1, 0.15) is 5.01 Å². The highest BCUT2D eigenvalue weighted by Crippen LogP contribution is 2.17. The van der Waals surface area contributed by atoms with E-state index in [9.17, 15) is 0 Å². The molecule has 0 saturated heterocycles. The van der Waals surface area contributed by atoms with Crippen molar-refractivity contribution in [3.63, 3.8) is 0 Å². The summed E-state index contributed by atoms with van der Waals surface area (Å²) in [6.07, 6.45) is 0. The number of aromatic nitrogens is 1. The molecule has 1 rings (SSSR count). The van der Waals surface area contributed by atoms with Crippen LogP contribution in [0.25, 0.3) is 0 Å². The van der Waals surface area contributed by atoms with Gasteiger partial charge >= 0.3 is 0 Å². The van der Waals surface area contributed by atoms with Gasteiger partial charge in [-0.15, -0.1) is 11.3 Å². The quantitative estimate of drug-likeness (QED) is 0.699. The van der Waals surface area contributed by atoms with Gasteiger partial charge in [-0.05, 0) is 12.7 Å². The lowest BCUT2D eigenvalue weighted by molar-refractivity contribution is 1.18. The highest BCUT2D eigenvalue weighted by Gasteiger charge is 1.97. The number of rotatable bonds is 6. The molecular formula is C9H15NS3. The maximum absolute atomic E-state index is 4.42. The molecule has 13 heavy (non-hydrogen) atoms. The number of thioether (sulfide) groups is 2. The van der Waals surface area contributed by atoms with E-state index in [1.54, 1.807) is 11.3 Å². The van der Waals surface area contributed by atoms with Crippen LogP contribution >= 0.6 is 34.9 Å². The molecule has 0 atom stereocenters. The minimum absolute atomic E-state index is 1.09. The fraction of sp³-hybridized carbons (Fsp3) is 0.667. The van der Waals surface area contributed by atoms with Gasteiger partial charge in [-0.2, -0.15) is 23.5 Å². The summed E-state index contributed by atoms with van der Waals surface area (Å²) in [6.45, 7) is 4.26. The average molecular weight is 233 g/mol. The summed E-state index contributed by atoms with van der Waals surface area (Å²) in [5.74, 6) is 4.84. The minimum Gasteiger partial charge on any atom is -0.246 e. The molecule has 0 aliphatic heterocycles. The Morgan fingerprint density at radius 1 is 1.38 bits per heavy atom. The Hall–Kier alpha value is 0.330. The number of aryl methyl sites for hydroxylation is 1. The molecule has 0 bridgehead atoms. The second kappa shape index (κ2) is 6.74. The molecule has 0 fully saturated rings. The Labute approximate surface area is 92.7 Å². The van der Waals surface area contributed by atoms with E-state index in [1.807, 2.05) is 23.5 Å². The van der Waals surface area contributed by atoms with E-state index in [0.29, 0.717) is 0 Å². The summed E-state index contributed by atoms with van der Waals surface area (Å²) in [7, 11) is 0. The lowest BCUT2D eigenvalue weighted by Crippen LogP contribution is -1.86. The predicted molar refractivity (Wildman–Crippen MR) is 66.0 cm³/mol. The molecule has 0 amide bonds. The topological polar surface area (TPSA) is 12.9 Å². The molecule has 0 aliphatic carbocycles. The summed E-state index contributed by atoms with van der Waals surface area (Å²) in [5.41, 5.74) is 1.16. The molecular weight excluding hydrogens is 218 g/mol. The van der Waals surface area contributed by atoms with Crippen molar-refractivity contribution >= 4 is 34.9 Å². The molecule has 0 aliphatic rings. The molecule has 0 N–H and O–H groups in total. The minimum atomic E-state index is 1.09. The van der Waals surface area contributed by atoms with Crippen LogP contribution in [0.2, 0.25) is 0 Å². The van der Waals surface area contributed by atoms with Crippen LogP contribution in [0.15, 0.2) is 5.38 Å². The third-order valence-electron chi connectivity index (χ3n) is 1.47. The van der Waals surface area contributed by atoms with Gasteiger partial charge in [-0.1, -0.05) is 6.92 Å². The third kappa shape index (κ3) is 4.93. The second-order valence-electron chi connectivity index (χ2n) is 2.63. The van der Waals surface area contributed by atoms with Crippen LogP contribution in [0.3, 0.4) is 0 Å². The molecule has 74 valence electrons. The van der Waals surface area contributed by atoms with E-state index in [-0.39, 0.29) is 0 Å². The van der Waals surface area contributed by atoms with Crippen LogP contribution in [0.5, 0.6) is 0 Å². The fourth-order valence-electron chi connectivity index (χ4n) is 0.891. The van der Waals surface area contributed by atoms with Crippen LogP contribution in [0.1, 0.15) is 17.6 Å². The normalized spacial score (nSPS) is 10.6. The second-order valence-corrected chi connectivity index (χ2v) is 6.07. The summed E-state index contributed by atoms with van der Waals surface area (Å²) in [6, 6.07) is 0. The van der Waals surface area contributed by atoms with Gasteiger partial charge in [-0.3, -0.25) is 0 Å². The van der Waals surface area contributed by atoms with E-state index < -0.39 is 0 Å². The zero-order chi connectivity index (χ0) is 9.52. The van der Waals surface area contributed by atoms with Crippen molar-refractivity contribution in [1.29, 1.82) is 0 Å². The molecule has 1 nitrogen and oxygen atoms in total. The third-order valence-corrected chi connectivity index (χ3v) is 4.75. The molecule has 0 spiro atoms. The summed E-state index contributed by atoms with van der Waals surface area (Å²) >= 11 is 5.77. The highest BCUT2D eigenvalue weighted by molar-refractivity contribution is 8.02. The van der Waals surface area contributed by atoms with E-state index in [0.717, 1.165) is 11.4 Å². The zero-order valence-electron chi connectivity index (χ0n) is 8.08. The van der Waals surface area contributed by atoms with Gasteiger partial charge in [0.25, 0.3) is 0 Å². The summed E-state index contributed by atoms with van der Waals surface area (Å²) in [4.78, 5) is 4.42. The van der Waals surface area contributed by atoms with Crippen molar-refractivity contribution in [3.8, 4) is 0 Å². The SMILES string of the molecule is CCSCCSCc1nc(C)cs1. The number of hydrogen-bond acceptors (Lipinski definition) is 4. The van der Waals surface area contributed by atoms with Crippen molar-refractivity contribution < 1.29 is 0 Å². The van der Waals surface area contributed by atoms with Crippen LogP contribution in [-0.2, 0) is 5.75 Å². The van der Waals surface area contributed by atoms with E-state index in [1.165, 1.54) is 22.3 Å². The first-order chi connectivity index (χ1) is 6.33. The Morgan fingerprint density at radius 2 is 2.15 bits per heavy atom. The number of nitrogens with zero attached hydrogens (tertiary/aromatic N) is 1. The van der Waals surface area contributed by atoms with E-state index in [2.05, 4.69) is 24.2 Å². The van der Waals surface area contributed by atoms with Crippen LogP contribution in [0.4, 0.5) is 0 Å². The molecule has 4 heteroatoms. The van der Waals surface area contributed by atoms with E-state index >= 15 is 0 Å². The van der Waals surface area contributed by atoms with Gasteiger partial charge in [0.05, 0.1) is 0 Å². The lowest BCUT2D eigenvalue weighted by Gasteiger charge is -1.97. The first kappa shape index (κ1) is 11.4. The van der Waals surface area contributed by atoms with Crippen molar-refractivity contribution in [2.75, 3.05) is 17.3 Å². The van der Waals surface area contributed by atoms with Crippen molar-refractivity contribution in [3.05, 3.63) is 16.1 Å². The first-order valence-electron chi connectivity index (χ1n) is 4.39. The Bertz CT molecular complexity index is 235. The Morgan fingerprint density at radius 3 is 2.77 bits per heavy atom. The molecule has 0 saturated carbocycles. The monoisotopic (exact) mass is 233 g/mol. The smallest absolute Gasteiger partial charge is 0.103 e. The number of hydrogen-bond donors (Lipinski definition) is 0. The molecule has 1 aromatic heterocycles. The predicted octanol–water partition coefficient (Wildman–Crippen LogP) is 3.44. The highest BCUT2D eigenvalue weighted by atomic mass is 32.2. The van der Waals surface area contributed by atoms with Crippen molar-refractivity contribution in [1.82, 2.24) is 4.98 Å². The van der Waals surface area contributed by atoms with Gasteiger partial charge < -0.3 is 0 Å². The number of thiazole rings is 1. The standard InChI is InChI=1S/C9H15NS3/c1-3-11-4-5-12-7-9-10-8(2)6-13-9/h6H,3-5,7H2,1-2H3. The maximum atomic E-state index is 4.42. The largest absolute Gasteiger partial charge is 0.246 e. The van der Waals surface area contributed by atoms with Crippen molar-refractivity contribution in [2.45, 2.75) is 19.6 Å². The van der Waals surface area contributed by atoms with Gasteiger partial charge in [-0.25, -0.2) is 4.98 Å². The molecule has 1 aromatic rings. The zero-order valence-corrected chi connectivity index (χ0v) is 10.5. The van der Waals surface area contributed by atoms with Gasteiger partial charge in [0.2, 0.25) is 0 Å². The molecule has 0 aromatic carbocycles. The molecule has 1 heterocycles. The fourth-order valence-corrected chi connectivity index (χ4v) is 3.58. The Kier molecular flexibility index (Phi) is 5.91. The first-order valence-corrected chi connectivity index (χ1v) is 7.58. The summed E-state index contributed by atoms with van der Waals surface area (Å²) < 4.78 is 0. The lowest BCUT2D eigenvalue weighted by atomic mass is 10.6. The van der Waals surface area contributed by atoms with Crippen LogP contribution in [-0.4, -0.2) is 22.2 Å². The maximum Gasteiger partial charge on any atom is 0.103 e. The van der Waals surface area contributed by atoms with Crippen molar-refractivity contribution in [2.24, 2.45) is 0 Å². The van der Waals surface area contributed by atoms with Gasteiger partial charge in [0, 0.05) is 28.3 Å². The van der Waals surface area contributed by atoms with E-state index in [4.69, 9.17) is 0 Å². The molecule has 0 unspecified atom stereocenters. The Balaban J connectivity index is 2.06. The average Bonchev–Trinajstić information content (AvgIpc) is 2.51. The van der Waals surface area contributed by atoms with Gasteiger partial charge in [0.15, 0.2) is 0 Å². The summed E-state index contributed by atoms with van der Waals surface area (Å²) in [5, 5.41) is 3.39. The van der Waals surface area contributed by atoms with Crippen LogP contribution < -0.4 is 0 Å². The van der Waals surface area contributed by atoms with Crippen LogP contribution in [0, 0.1) is 6.92 Å².